The van der Waals surface area contributed by atoms with Crippen LogP contribution in [0.2, 0.25) is 0 Å². The molecule has 0 bridgehead atoms. The lowest BCUT2D eigenvalue weighted by atomic mass is 9.81. The van der Waals surface area contributed by atoms with E-state index in [9.17, 15) is 35.1 Å². The van der Waals surface area contributed by atoms with Crippen LogP contribution in [0.3, 0.4) is 0 Å². The van der Waals surface area contributed by atoms with E-state index < -0.39 is 40.8 Å². The molecule has 1 aromatic heterocycles. The molecule has 0 aliphatic carbocycles. The van der Waals surface area contributed by atoms with E-state index >= 15 is 4.39 Å². The largest absolute Gasteiger partial charge is 0.457 e. The Balaban J connectivity index is 2.44. The quantitative estimate of drug-likeness (QED) is 0.382. The van der Waals surface area contributed by atoms with Crippen LogP contribution in [-0.4, -0.2) is 18.3 Å². The van der Waals surface area contributed by atoms with Gasteiger partial charge in [0, 0.05) is 16.5 Å². The van der Waals surface area contributed by atoms with E-state index in [0.717, 1.165) is 13.0 Å². The Labute approximate surface area is 164 Å². The van der Waals surface area contributed by atoms with Gasteiger partial charge in [0.05, 0.1) is 0 Å². The second-order valence-electron chi connectivity index (χ2n) is 6.88. The molecule has 0 aliphatic rings. The Morgan fingerprint density at radius 3 is 1.87 bits per heavy atom. The van der Waals surface area contributed by atoms with Gasteiger partial charge in [-0.2, -0.15) is 35.1 Å². The molecule has 2 aromatic carbocycles. The summed E-state index contributed by atoms with van der Waals surface area (Å²) in [6, 6.07) is 8.69. The molecule has 0 saturated carbocycles. The maximum Gasteiger partial charge on any atom is 0.457 e. The highest BCUT2D eigenvalue weighted by Gasteiger charge is 2.82. The average Bonchev–Trinajstić information content (AvgIpc) is 3.01. The van der Waals surface area contributed by atoms with E-state index in [1.807, 2.05) is 0 Å². The van der Waals surface area contributed by atoms with E-state index in [0.29, 0.717) is 11.5 Å². The number of benzene rings is 2. The molecule has 0 aliphatic heterocycles. The van der Waals surface area contributed by atoms with Crippen molar-refractivity contribution in [1.82, 2.24) is 0 Å². The van der Waals surface area contributed by atoms with Gasteiger partial charge in [0.25, 0.3) is 0 Å². The van der Waals surface area contributed by atoms with Crippen LogP contribution in [0, 0.1) is 13.8 Å². The highest BCUT2D eigenvalue weighted by Crippen LogP contribution is 2.60. The first kappa shape index (κ1) is 22.0. The molecule has 0 saturated heterocycles. The molecule has 30 heavy (non-hydrogen) atoms. The number of rotatable bonds is 3. The Kier molecular flexibility index (Phi) is 4.91. The number of alkyl halides is 9. The van der Waals surface area contributed by atoms with Crippen LogP contribution < -0.4 is 0 Å². The Bertz CT molecular complexity index is 1060. The molecule has 10 heteroatoms. The zero-order valence-corrected chi connectivity index (χ0v) is 15.4. The molecule has 0 fully saturated rings. The lowest BCUT2D eigenvalue weighted by Crippen LogP contribution is -2.60. The van der Waals surface area contributed by atoms with Gasteiger partial charge in [-0.05, 0) is 31.5 Å². The van der Waals surface area contributed by atoms with Gasteiger partial charge in [-0.25, -0.2) is 4.39 Å². The van der Waals surface area contributed by atoms with Crippen molar-refractivity contribution >= 4 is 11.0 Å². The van der Waals surface area contributed by atoms with Crippen LogP contribution in [0.1, 0.15) is 16.7 Å². The fraction of sp³-hybridized carbons (Fsp3) is 0.300. The van der Waals surface area contributed by atoms with Gasteiger partial charge in [0.2, 0.25) is 0 Å². The van der Waals surface area contributed by atoms with E-state index in [-0.39, 0.29) is 16.7 Å². The summed E-state index contributed by atoms with van der Waals surface area (Å²) in [7, 11) is 0. The summed E-state index contributed by atoms with van der Waals surface area (Å²) in [4.78, 5) is 0. The summed E-state index contributed by atoms with van der Waals surface area (Å²) in [5.41, 5.74) is -8.89. The molecule has 0 N–H and O–H groups in total. The van der Waals surface area contributed by atoms with Crippen molar-refractivity contribution in [2.75, 3.05) is 0 Å². The molecule has 0 spiro atoms. The molecule has 1 nitrogen and oxygen atoms in total. The predicted molar refractivity (Wildman–Crippen MR) is 91.0 cm³/mol. The standard InChI is InChI=1S/C20H13F9O/c1-10-7-11(2)16(15-9-12-5-3-4-6-14(12)30-15)13(8-10)17(21,19(24,25)26)18(22,23)20(27,28)29/h3-9H,1-2H3. The second kappa shape index (κ2) is 6.68. The van der Waals surface area contributed by atoms with Gasteiger partial charge in [-0.1, -0.05) is 35.9 Å². The topological polar surface area (TPSA) is 13.1 Å². The third-order valence-corrected chi connectivity index (χ3v) is 4.70. The predicted octanol–water partition coefficient (Wildman–Crippen LogP) is 7.64. The van der Waals surface area contributed by atoms with Crippen LogP contribution in [0.15, 0.2) is 46.9 Å². The molecule has 0 amide bonds. The molecular weight excluding hydrogens is 427 g/mol. The van der Waals surface area contributed by atoms with Crippen molar-refractivity contribution in [2.45, 2.75) is 37.8 Å². The smallest absolute Gasteiger partial charge is 0.456 e. The number of furan rings is 1. The number of fused-ring (bicyclic) bond motifs is 1. The summed E-state index contributed by atoms with van der Waals surface area (Å²) in [5.74, 6) is -7.23. The number of hydrogen-bond donors (Lipinski definition) is 0. The zero-order valence-electron chi connectivity index (χ0n) is 15.4. The highest BCUT2D eigenvalue weighted by atomic mass is 19.4. The van der Waals surface area contributed by atoms with Crippen molar-refractivity contribution in [3.63, 3.8) is 0 Å². The van der Waals surface area contributed by atoms with Crippen molar-refractivity contribution in [3.8, 4) is 11.3 Å². The van der Waals surface area contributed by atoms with Gasteiger partial charge in [-0.15, -0.1) is 0 Å². The minimum absolute atomic E-state index is 0.133. The van der Waals surface area contributed by atoms with E-state index in [1.165, 1.54) is 31.2 Å². The first-order valence-electron chi connectivity index (χ1n) is 8.42. The van der Waals surface area contributed by atoms with Crippen LogP contribution in [-0.2, 0) is 5.67 Å². The third kappa shape index (κ3) is 3.13. The van der Waals surface area contributed by atoms with Crippen molar-refractivity contribution < 1.29 is 43.9 Å². The summed E-state index contributed by atoms with van der Waals surface area (Å²) in [5, 5.41) is 0.345. The minimum atomic E-state index is -6.81. The molecular formula is C20H13F9O. The summed E-state index contributed by atoms with van der Waals surface area (Å²) in [6.45, 7) is 2.32. The molecule has 1 atom stereocenters. The fourth-order valence-corrected chi connectivity index (χ4v) is 3.37. The lowest BCUT2D eigenvalue weighted by molar-refractivity contribution is -0.389. The fourth-order valence-electron chi connectivity index (χ4n) is 3.37. The summed E-state index contributed by atoms with van der Waals surface area (Å²) < 4.78 is 128. The van der Waals surface area contributed by atoms with Crippen LogP contribution >= 0.6 is 0 Å². The molecule has 3 aromatic rings. The number of hydrogen-bond acceptors (Lipinski definition) is 1. The SMILES string of the molecule is Cc1cc(C)c(-c2cc3ccccc3o2)c(C(F)(C(F)(F)F)C(F)(F)C(F)(F)F)c1. The molecule has 162 valence electrons. The van der Waals surface area contributed by atoms with Crippen molar-refractivity contribution in [2.24, 2.45) is 0 Å². The Morgan fingerprint density at radius 2 is 1.33 bits per heavy atom. The number of halogens is 9. The van der Waals surface area contributed by atoms with E-state index in [2.05, 4.69) is 0 Å². The van der Waals surface area contributed by atoms with Crippen LogP contribution in [0.25, 0.3) is 22.3 Å². The van der Waals surface area contributed by atoms with Gasteiger partial charge in [0.15, 0.2) is 0 Å². The lowest BCUT2D eigenvalue weighted by Gasteiger charge is -2.37. The Morgan fingerprint density at radius 1 is 0.733 bits per heavy atom. The van der Waals surface area contributed by atoms with Gasteiger partial charge >= 0.3 is 23.9 Å². The molecule has 0 radical (unpaired) electrons. The molecule has 1 unspecified atom stereocenters. The molecule has 1 heterocycles. The third-order valence-electron chi connectivity index (χ3n) is 4.70. The highest BCUT2D eigenvalue weighted by molar-refractivity contribution is 5.84. The molecule has 3 rings (SSSR count). The number of para-hydroxylation sites is 1. The van der Waals surface area contributed by atoms with E-state index in [1.54, 1.807) is 6.07 Å². The first-order valence-corrected chi connectivity index (χ1v) is 8.42. The summed E-state index contributed by atoms with van der Waals surface area (Å²) in [6.07, 6.45) is -13.4. The normalized spacial score (nSPS) is 15.4. The first-order chi connectivity index (χ1) is 13.6. The van der Waals surface area contributed by atoms with Crippen molar-refractivity contribution in [1.29, 1.82) is 0 Å². The van der Waals surface area contributed by atoms with Crippen LogP contribution in [0.4, 0.5) is 39.5 Å². The van der Waals surface area contributed by atoms with Crippen LogP contribution in [0.5, 0.6) is 0 Å². The second-order valence-corrected chi connectivity index (χ2v) is 6.88. The summed E-state index contributed by atoms with van der Waals surface area (Å²) >= 11 is 0. The average molecular weight is 440 g/mol. The maximum absolute atomic E-state index is 15.2. The zero-order chi connectivity index (χ0) is 22.7. The van der Waals surface area contributed by atoms with Gasteiger partial charge < -0.3 is 4.42 Å². The minimum Gasteiger partial charge on any atom is -0.456 e. The van der Waals surface area contributed by atoms with Gasteiger partial charge in [0.1, 0.15) is 11.3 Å². The number of aryl methyl sites for hydroxylation is 2. The van der Waals surface area contributed by atoms with E-state index in [4.69, 9.17) is 4.42 Å². The van der Waals surface area contributed by atoms with Gasteiger partial charge in [-0.3, -0.25) is 0 Å². The monoisotopic (exact) mass is 440 g/mol. The van der Waals surface area contributed by atoms with Crippen molar-refractivity contribution in [3.05, 3.63) is 59.2 Å². The maximum atomic E-state index is 15.2. The Hall–Kier alpha value is -2.65.